The second-order valence-electron chi connectivity index (χ2n) is 5.40. The van der Waals surface area contributed by atoms with Crippen LogP contribution >= 0.6 is 0 Å². The van der Waals surface area contributed by atoms with E-state index in [1.54, 1.807) is 7.11 Å². The van der Waals surface area contributed by atoms with Crippen molar-refractivity contribution in [1.82, 2.24) is 0 Å². The molecule has 1 aliphatic carbocycles. The number of hydrogen-bond acceptors (Lipinski definition) is 3. The van der Waals surface area contributed by atoms with Crippen LogP contribution in [0.3, 0.4) is 0 Å². The summed E-state index contributed by atoms with van der Waals surface area (Å²) in [5, 5.41) is 11.4. The molecule has 3 heteroatoms. The average Bonchev–Trinajstić information content (AvgIpc) is 2.90. The van der Waals surface area contributed by atoms with Crippen molar-refractivity contribution >= 4 is 11.0 Å². The van der Waals surface area contributed by atoms with Gasteiger partial charge in [0.25, 0.3) is 0 Å². The average molecular weight is 260 g/mol. The molecule has 1 atom stereocenters. The number of aliphatic hydroxyl groups is 1. The van der Waals surface area contributed by atoms with Gasteiger partial charge < -0.3 is 14.3 Å². The van der Waals surface area contributed by atoms with Gasteiger partial charge in [0.1, 0.15) is 23.2 Å². The molecular formula is C16H20O3. The molecule has 0 radical (unpaired) electrons. The number of methoxy groups -OCH3 is 1. The summed E-state index contributed by atoms with van der Waals surface area (Å²) in [6, 6.07) is 7.65. The monoisotopic (exact) mass is 260 g/mol. The summed E-state index contributed by atoms with van der Waals surface area (Å²) in [5.74, 6) is 1.85. The fourth-order valence-corrected chi connectivity index (χ4v) is 3.00. The zero-order valence-corrected chi connectivity index (χ0v) is 11.3. The van der Waals surface area contributed by atoms with Gasteiger partial charge in [0.15, 0.2) is 0 Å². The fraction of sp³-hybridized carbons (Fsp3) is 0.500. The zero-order chi connectivity index (χ0) is 13.2. The van der Waals surface area contributed by atoms with Gasteiger partial charge in [-0.3, -0.25) is 0 Å². The lowest BCUT2D eigenvalue weighted by Crippen LogP contribution is -2.15. The Morgan fingerprint density at radius 1 is 1.21 bits per heavy atom. The number of benzene rings is 1. The summed E-state index contributed by atoms with van der Waals surface area (Å²) in [6.45, 7) is 0. The molecule has 0 saturated heterocycles. The highest BCUT2D eigenvalue weighted by Crippen LogP contribution is 2.36. The molecule has 3 nitrogen and oxygen atoms in total. The first-order valence-electron chi connectivity index (χ1n) is 7.03. The molecule has 1 aromatic carbocycles. The summed E-state index contributed by atoms with van der Waals surface area (Å²) in [7, 11) is 1.65. The number of rotatable bonds is 3. The zero-order valence-electron chi connectivity index (χ0n) is 11.3. The van der Waals surface area contributed by atoms with E-state index in [-0.39, 0.29) is 0 Å². The third-order valence-corrected chi connectivity index (χ3v) is 4.13. The first-order chi connectivity index (χ1) is 9.28. The molecule has 0 bridgehead atoms. The predicted molar refractivity (Wildman–Crippen MR) is 74.3 cm³/mol. The Morgan fingerprint density at radius 3 is 2.74 bits per heavy atom. The minimum Gasteiger partial charge on any atom is -0.497 e. The van der Waals surface area contributed by atoms with E-state index in [2.05, 4.69) is 0 Å². The maximum absolute atomic E-state index is 10.4. The summed E-state index contributed by atoms with van der Waals surface area (Å²) in [4.78, 5) is 0. The van der Waals surface area contributed by atoms with E-state index >= 15 is 0 Å². The Morgan fingerprint density at radius 2 is 2.00 bits per heavy atom. The van der Waals surface area contributed by atoms with E-state index in [4.69, 9.17) is 9.15 Å². The van der Waals surface area contributed by atoms with E-state index in [1.165, 1.54) is 19.3 Å². The van der Waals surface area contributed by atoms with E-state index in [0.29, 0.717) is 11.7 Å². The van der Waals surface area contributed by atoms with Crippen LogP contribution in [0.25, 0.3) is 11.0 Å². The molecule has 1 saturated carbocycles. The molecule has 3 rings (SSSR count). The van der Waals surface area contributed by atoms with Crippen molar-refractivity contribution in [1.29, 1.82) is 0 Å². The van der Waals surface area contributed by atoms with Crippen molar-refractivity contribution in [3.63, 3.8) is 0 Å². The number of furan rings is 1. The Kier molecular flexibility index (Phi) is 3.47. The third-order valence-electron chi connectivity index (χ3n) is 4.13. The van der Waals surface area contributed by atoms with Gasteiger partial charge in [0.05, 0.1) is 7.11 Å². The topological polar surface area (TPSA) is 42.6 Å². The lowest BCUT2D eigenvalue weighted by molar-refractivity contribution is 0.0668. The van der Waals surface area contributed by atoms with Crippen LogP contribution in [0.5, 0.6) is 5.75 Å². The summed E-state index contributed by atoms with van der Waals surface area (Å²) in [6.07, 6.45) is 5.45. The molecule has 2 aromatic rings. The molecule has 102 valence electrons. The minimum atomic E-state index is -0.473. The van der Waals surface area contributed by atoms with Crippen molar-refractivity contribution < 1.29 is 14.3 Å². The molecule has 1 fully saturated rings. The minimum absolute atomic E-state index is 0.344. The molecule has 1 unspecified atom stereocenters. The Labute approximate surface area is 113 Å². The van der Waals surface area contributed by atoms with Crippen LogP contribution in [0, 0.1) is 5.92 Å². The first kappa shape index (κ1) is 12.5. The molecule has 1 N–H and O–H groups in total. The maximum atomic E-state index is 10.4. The number of fused-ring (bicyclic) bond motifs is 1. The van der Waals surface area contributed by atoms with Crippen LogP contribution in [-0.2, 0) is 0 Å². The van der Waals surface area contributed by atoms with Gasteiger partial charge in [-0.2, -0.15) is 0 Å². The van der Waals surface area contributed by atoms with Gasteiger partial charge in [-0.25, -0.2) is 0 Å². The van der Waals surface area contributed by atoms with Crippen molar-refractivity contribution in [2.45, 2.75) is 38.2 Å². The van der Waals surface area contributed by atoms with Crippen molar-refractivity contribution in [2.75, 3.05) is 7.11 Å². The number of ether oxygens (including phenoxy) is 1. The smallest absolute Gasteiger partial charge is 0.134 e. The van der Waals surface area contributed by atoms with Crippen LogP contribution in [0.1, 0.15) is 44.0 Å². The maximum Gasteiger partial charge on any atom is 0.134 e. The molecule has 0 spiro atoms. The van der Waals surface area contributed by atoms with E-state index in [9.17, 15) is 5.11 Å². The van der Waals surface area contributed by atoms with E-state index in [1.807, 2.05) is 24.3 Å². The molecule has 1 heterocycles. The second kappa shape index (κ2) is 5.25. The van der Waals surface area contributed by atoms with Gasteiger partial charge in [0, 0.05) is 5.39 Å². The van der Waals surface area contributed by atoms with Crippen LogP contribution in [0.2, 0.25) is 0 Å². The Balaban J connectivity index is 1.87. The molecular weight excluding hydrogens is 240 g/mol. The standard InChI is InChI=1S/C16H20O3/c1-18-13-7-8-14-12(9-13)10-15(19-14)16(17)11-5-3-2-4-6-11/h7-11,16-17H,2-6H2,1H3. The first-order valence-corrected chi connectivity index (χ1v) is 7.03. The van der Waals surface area contributed by atoms with Crippen LogP contribution in [0.4, 0.5) is 0 Å². The largest absolute Gasteiger partial charge is 0.497 e. The predicted octanol–water partition coefficient (Wildman–Crippen LogP) is 4.06. The summed E-state index contributed by atoms with van der Waals surface area (Å²) in [5.41, 5.74) is 0.811. The van der Waals surface area contributed by atoms with Gasteiger partial charge in [0.2, 0.25) is 0 Å². The molecule has 1 aromatic heterocycles. The number of hydrogen-bond donors (Lipinski definition) is 1. The highest BCUT2D eigenvalue weighted by Gasteiger charge is 2.25. The Hall–Kier alpha value is -1.48. The summed E-state index contributed by atoms with van der Waals surface area (Å²) < 4.78 is 11.0. The molecule has 0 amide bonds. The van der Waals surface area contributed by atoms with E-state index < -0.39 is 6.10 Å². The SMILES string of the molecule is COc1ccc2oc(C(O)C3CCCCC3)cc2c1. The van der Waals surface area contributed by atoms with Gasteiger partial charge in [-0.1, -0.05) is 19.3 Å². The molecule has 1 aliphatic rings. The van der Waals surface area contributed by atoms with Crippen molar-refractivity contribution in [2.24, 2.45) is 5.92 Å². The Bertz CT molecular complexity index is 552. The van der Waals surface area contributed by atoms with Crippen LogP contribution < -0.4 is 4.74 Å². The highest BCUT2D eigenvalue weighted by molar-refractivity contribution is 5.79. The van der Waals surface area contributed by atoms with Crippen molar-refractivity contribution in [3.8, 4) is 5.75 Å². The second-order valence-corrected chi connectivity index (χ2v) is 5.40. The quantitative estimate of drug-likeness (QED) is 0.905. The van der Waals surface area contributed by atoms with E-state index in [0.717, 1.165) is 29.6 Å². The van der Waals surface area contributed by atoms with Crippen LogP contribution in [0.15, 0.2) is 28.7 Å². The van der Waals surface area contributed by atoms with Gasteiger partial charge in [-0.15, -0.1) is 0 Å². The van der Waals surface area contributed by atoms with Gasteiger partial charge >= 0.3 is 0 Å². The fourth-order valence-electron chi connectivity index (χ4n) is 3.00. The normalized spacial score (nSPS) is 18.6. The lowest BCUT2D eigenvalue weighted by atomic mass is 9.84. The number of aliphatic hydroxyl groups excluding tert-OH is 1. The third kappa shape index (κ3) is 2.47. The summed E-state index contributed by atoms with van der Waals surface area (Å²) >= 11 is 0. The highest BCUT2D eigenvalue weighted by atomic mass is 16.5. The molecule has 19 heavy (non-hydrogen) atoms. The molecule has 0 aliphatic heterocycles. The van der Waals surface area contributed by atoms with Crippen molar-refractivity contribution in [3.05, 3.63) is 30.0 Å². The van der Waals surface area contributed by atoms with Crippen LogP contribution in [-0.4, -0.2) is 12.2 Å². The van der Waals surface area contributed by atoms with Gasteiger partial charge in [-0.05, 0) is 43.0 Å². The lowest BCUT2D eigenvalue weighted by Gasteiger charge is -2.25.